The van der Waals surface area contributed by atoms with E-state index in [1.165, 1.54) is 0 Å². The Kier molecular flexibility index (Phi) is 4.86. The van der Waals surface area contributed by atoms with Gasteiger partial charge in [0, 0.05) is 7.11 Å². The summed E-state index contributed by atoms with van der Waals surface area (Å²) in [6.45, 7) is 7.42. The molecule has 0 amide bonds. The van der Waals surface area contributed by atoms with Crippen LogP contribution in [0.4, 0.5) is 0 Å². The van der Waals surface area contributed by atoms with Gasteiger partial charge in [-0.25, -0.2) is 0 Å². The molecule has 2 unspecified atom stereocenters. The van der Waals surface area contributed by atoms with Gasteiger partial charge < -0.3 is 14.2 Å². The Bertz CT molecular complexity index is 336. The minimum Gasteiger partial charge on any atom is -0.483 e. The Morgan fingerprint density at radius 1 is 1.12 bits per heavy atom. The molecule has 0 aliphatic rings. The van der Waals surface area contributed by atoms with Crippen molar-refractivity contribution < 1.29 is 14.2 Å². The highest BCUT2D eigenvalue weighted by Crippen LogP contribution is 2.28. The molecule has 3 heteroatoms. The molecule has 0 bridgehead atoms. The van der Waals surface area contributed by atoms with Crippen LogP contribution in [0.3, 0.4) is 0 Å². The van der Waals surface area contributed by atoms with Crippen LogP contribution in [0.2, 0.25) is 0 Å². The van der Waals surface area contributed by atoms with E-state index >= 15 is 0 Å². The molecule has 0 heterocycles. The van der Waals surface area contributed by atoms with Crippen molar-refractivity contribution in [3.8, 4) is 11.5 Å². The SMILES string of the molecule is C=CC(C)Oc1ccccc1OC(C)OC. The smallest absolute Gasteiger partial charge is 0.196 e. The number of hydrogen-bond acceptors (Lipinski definition) is 3. The molecule has 2 atom stereocenters. The van der Waals surface area contributed by atoms with Gasteiger partial charge in [0.15, 0.2) is 17.8 Å². The topological polar surface area (TPSA) is 27.7 Å². The fraction of sp³-hybridized carbons (Fsp3) is 0.385. The maximum atomic E-state index is 5.64. The van der Waals surface area contributed by atoms with E-state index < -0.39 is 0 Å². The van der Waals surface area contributed by atoms with E-state index in [2.05, 4.69) is 6.58 Å². The first kappa shape index (κ1) is 12.6. The van der Waals surface area contributed by atoms with Crippen molar-refractivity contribution in [2.24, 2.45) is 0 Å². The molecule has 0 N–H and O–H groups in total. The Morgan fingerprint density at radius 2 is 1.69 bits per heavy atom. The van der Waals surface area contributed by atoms with Crippen molar-refractivity contribution in [1.29, 1.82) is 0 Å². The molecule has 16 heavy (non-hydrogen) atoms. The minimum atomic E-state index is -0.302. The molecule has 0 saturated heterocycles. The van der Waals surface area contributed by atoms with Crippen LogP contribution in [0.5, 0.6) is 11.5 Å². The van der Waals surface area contributed by atoms with Crippen LogP contribution < -0.4 is 9.47 Å². The second-order valence-corrected chi connectivity index (χ2v) is 3.43. The number of hydrogen-bond donors (Lipinski definition) is 0. The monoisotopic (exact) mass is 222 g/mol. The van der Waals surface area contributed by atoms with E-state index in [0.717, 1.165) is 0 Å². The molecule has 0 aliphatic heterocycles. The standard InChI is InChI=1S/C13H18O3/c1-5-10(2)15-12-8-6-7-9-13(12)16-11(3)14-4/h5-11H,1H2,2-4H3. The first-order valence-electron chi connectivity index (χ1n) is 5.25. The number of rotatable bonds is 6. The Morgan fingerprint density at radius 3 is 2.19 bits per heavy atom. The minimum absolute atomic E-state index is 0.0531. The van der Waals surface area contributed by atoms with Crippen molar-refractivity contribution in [3.05, 3.63) is 36.9 Å². The summed E-state index contributed by atoms with van der Waals surface area (Å²) in [7, 11) is 1.60. The lowest BCUT2D eigenvalue weighted by Gasteiger charge is -2.17. The van der Waals surface area contributed by atoms with Crippen LogP contribution in [-0.2, 0) is 4.74 Å². The largest absolute Gasteiger partial charge is 0.483 e. The molecule has 0 fully saturated rings. The van der Waals surface area contributed by atoms with Crippen molar-refractivity contribution in [1.82, 2.24) is 0 Å². The Hall–Kier alpha value is -1.48. The summed E-state index contributed by atoms with van der Waals surface area (Å²) in [6, 6.07) is 7.50. The van der Waals surface area contributed by atoms with Gasteiger partial charge in [-0.1, -0.05) is 24.8 Å². The first-order chi connectivity index (χ1) is 7.67. The van der Waals surface area contributed by atoms with E-state index in [1.54, 1.807) is 13.2 Å². The molecule has 0 saturated carbocycles. The number of methoxy groups -OCH3 is 1. The van der Waals surface area contributed by atoms with Gasteiger partial charge >= 0.3 is 0 Å². The zero-order chi connectivity index (χ0) is 12.0. The molecule has 3 nitrogen and oxygen atoms in total. The van der Waals surface area contributed by atoms with E-state index in [0.29, 0.717) is 11.5 Å². The van der Waals surface area contributed by atoms with Gasteiger partial charge in [0.25, 0.3) is 0 Å². The van der Waals surface area contributed by atoms with Gasteiger partial charge in [0.2, 0.25) is 0 Å². The average molecular weight is 222 g/mol. The van der Waals surface area contributed by atoms with Crippen LogP contribution in [0.25, 0.3) is 0 Å². The lowest BCUT2D eigenvalue weighted by Crippen LogP contribution is -2.15. The predicted octanol–water partition coefficient (Wildman–Crippen LogP) is 3.01. The summed E-state index contributed by atoms with van der Waals surface area (Å²) in [5, 5.41) is 0. The highest BCUT2D eigenvalue weighted by atomic mass is 16.7. The van der Waals surface area contributed by atoms with Crippen molar-refractivity contribution >= 4 is 0 Å². The maximum absolute atomic E-state index is 5.64. The zero-order valence-corrected chi connectivity index (χ0v) is 9.97. The summed E-state index contributed by atoms with van der Waals surface area (Å²) in [5.74, 6) is 1.37. The fourth-order valence-corrected chi connectivity index (χ4v) is 1.12. The normalized spacial score (nSPS) is 13.9. The fourth-order valence-electron chi connectivity index (χ4n) is 1.12. The lowest BCUT2D eigenvalue weighted by atomic mass is 10.3. The van der Waals surface area contributed by atoms with Crippen molar-refractivity contribution in [2.75, 3.05) is 7.11 Å². The molecule has 0 radical (unpaired) electrons. The van der Waals surface area contributed by atoms with E-state index in [-0.39, 0.29) is 12.4 Å². The van der Waals surface area contributed by atoms with Crippen LogP contribution in [0, 0.1) is 0 Å². The van der Waals surface area contributed by atoms with Gasteiger partial charge in [-0.05, 0) is 26.0 Å². The highest BCUT2D eigenvalue weighted by molar-refractivity contribution is 5.39. The van der Waals surface area contributed by atoms with Crippen molar-refractivity contribution in [3.63, 3.8) is 0 Å². The highest BCUT2D eigenvalue weighted by Gasteiger charge is 2.09. The summed E-state index contributed by atoms with van der Waals surface area (Å²) in [6.07, 6.45) is 1.38. The van der Waals surface area contributed by atoms with Crippen LogP contribution >= 0.6 is 0 Å². The van der Waals surface area contributed by atoms with Gasteiger partial charge in [-0.15, -0.1) is 0 Å². The summed E-state index contributed by atoms with van der Waals surface area (Å²) in [5.41, 5.74) is 0. The van der Waals surface area contributed by atoms with Crippen LogP contribution in [-0.4, -0.2) is 19.5 Å². The quantitative estimate of drug-likeness (QED) is 0.547. The number of benzene rings is 1. The van der Waals surface area contributed by atoms with E-state index in [4.69, 9.17) is 14.2 Å². The van der Waals surface area contributed by atoms with Gasteiger partial charge in [0.05, 0.1) is 0 Å². The van der Waals surface area contributed by atoms with Crippen LogP contribution in [0.1, 0.15) is 13.8 Å². The molecule has 1 rings (SSSR count). The summed E-state index contributed by atoms with van der Waals surface area (Å²) < 4.78 is 16.2. The zero-order valence-electron chi connectivity index (χ0n) is 9.97. The second kappa shape index (κ2) is 6.18. The van der Waals surface area contributed by atoms with E-state index in [1.807, 2.05) is 38.1 Å². The molecular formula is C13H18O3. The molecule has 0 aliphatic carbocycles. The van der Waals surface area contributed by atoms with Crippen molar-refractivity contribution in [2.45, 2.75) is 26.2 Å². The predicted molar refractivity (Wildman–Crippen MR) is 63.8 cm³/mol. The Labute approximate surface area is 96.6 Å². The molecular weight excluding hydrogens is 204 g/mol. The third-order valence-corrected chi connectivity index (χ3v) is 2.12. The molecule has 0 spiro atoms. The van der Waals surface area contributed by atoms with Gasteiger partial charge in [0.1, 0.15) is 6.10 Å². The van der Waals surface area contributed by atoms with Crippen LogP contribution in [0.15, 0.2) is 36.9 Å². The lowest BCUT2D eigenvalue weighted by molar-refractivity contribution is -0.0400. The third-order valence-electron chi connectivity index (χ3n) is 2.12. The maximum Gasteiger partial charge on any atom is 0.196 e. The molecule has 1 aromatic rings. The van der Waals surface area contributed by atoms with E-state index in [9.17, 15) is 0 Å². The average Bonchev–Trinajstić information content (AvgIpc) is 2.31. The van der Waals surface area contributed by atoms with Gasteiger partial charge in [-0.2, -0.15) is 0 Å². The summed E-state index contributed by atoms with van der Waals surface area (Å²) in [4.78, 5) is 0. The second-order valence-electron chi connectivity index (χ2n) is 3.43. The van der Waals surface area contributed by atoms with Gasteiger partial charge in [-0.3, -0.25) is 0 Å². The Balaban J connectivity index is 2.78. The summed E-state index contributed by atoms with van der Waals surface area (Å²) >= 11 is 0. The number of ether oxygens (including phenoxy) is 3. The first-order valence-corrected chi connectivity index (χ1v) is 5.25. The molecule has 0 aromatic heterocycles. The third kappa shape index (κ3) is 3.59. The molecule has 1 aromatic carbocycles. The number of para-hydroxylation sites is 2. The molecule has 88 valence electrons.